The highest BCUT2D eigenvalue weighted by atomic mass is 35.5. The van der Waals surface area contributed by atoms with E-state index in [2.05, 4.69) is 52.0 Å². The molecule has 0 saturated carbocycles. The molecule has 0 amide bonds. The minimum absolute atomic E-state index is 0.684. The summed E-state index contributed by atoms with van der Waals surface area (Å²) in [6, 6.07) is 26.3. The lowest BCUT2D eigenvalue weighted by molar-refractivity contribution is 0.642. The molecule has 4 rings (SSSR count). The van der Waals surface area contributed by atoms with Crippen LogP contribution >= 0.6 is 23.4 Å². The minimum Gasteiger partial charge on any atom is -0.302 e. The molecule has 0 aliphatic carbocycles. The second-order valence-electron chi connectivity index (χ2n) is 7.82. The Morgan fingerprint density at radius 1 is 0.970 bits per heavy atom. The predicted octanol–water partition coefficient (Wildman–Crippen LogP) is 7.15. The SMILES string of the molecule is CCCCc1nnc(SCc2ccccc2Cl)n1Cc1ccc(-c2ccccc2C#N)cc1. The Labute approximate surface area is 204 Å². The molecule has 4 aromatic rings. The van der Waals surface area contributed by atoms with Gasteiger partial charge in [0.1, 0.15) is 5.82 Å². The van der Waals surface area contributed by atoms with E-state index in [-0.39, 0.29) is 0 Å². The summed E-state index contributed by atoms with van der Waals surface area (Å²) >= 11 is 8.01. The highest BCUT2D eigenvalue weighted by Gasteiger charge is 2.14. The number of halogens is 1. The zero-order valence-corrected chi connectivity index (χ0v) is 20.1. The molecule has 0 unspecified atom stereocenters. The van der Waals surface area contributed by atoms with Crippen molar-refractivity contribution in [2.24, 2.45) is 0 Å². The Morgan fingerprint density at radius 2 is 1.73 bits per heavy atom. The van der Waals surface area contributed by atoms with Crippen molar-refractivity contribution >= 4 is 23.4 Å². The Morgan fingerprint density at radius 3 is 2.48 bits per heavy atom. The summed E-state index contributed by atoms with van der Waals surface area (Å²) in [5.41, 5.74) is 4.94. The number of thioether (sulfide) groups is 1. The number of rotatable bonds is 9. The zero-order valence-electron chi connectivity index (χ0n) is 18.5. The molecule has 0 aliphatic heterocycles. The van der Waals surface area contributed by atoms with E-state index in [4.69, 9.17) is 11.6 Å². The van der Waals surface area contributed by atoms with Gasteiger partial charge in [-0.05, 0) is 40.8 Å². The average molecular weight is 473 g/mol. The third-order valence-corrected chi connectivity index (χ3v) is 6.90. The summed E-state index contributed by atoms with van der Waals surface area (Å²) in [6.07, 6.45) is 3.10. The quantitative estimate of drug-likeness (QED) is 0.242. The van der Waals surface area contributed by atoms with Gasteiger partial charge in [0, 0.05) is 17.2 Å². The van der Waals surface area contributed by atoms with Crippen molar-refractivity contribution in [3.8, 4) is 17.2 Å². The summed E-state index contributed by atoms with van der Waals surface area (Å²) in [6.45, 7) is 2.89. The zero-order chi connectivity index (χ0) is 23.0. The molecule has 0 N–H and O–H groups in total. The fourth-order valence-electron chi connectivity index (χ4n) is 3.67. The molecular formula is C27H25ClN4S. The molecule has 166 valence electrons. The average Bonchev–Trinajstić information content (AvgIpc) is 3.23. The summed E-state index contributed by atoms with van der Waals surface area (Å²) < 4.78 is 2.22. The van der Waals surface area contributed by atoms with Gasteiger partial charge in [-0.1, -0.05) is 97.4 Å². The molecule has 0 spiro atoms. The van der Waals surface area contributed by atoms with Crippen LogP contribution in [0.25, 0.3) is 11.1 Å². The predicted molar refractivity (Wildman–Crippen MR) is 135 cm³/mol. The summed E-state index contributed by atoms with van der Waals surface area (Å²) in [5.74, 6) is 1.76. The van der Waals surface area contributed by atoms with E-state index in [1.165, 1.54) is 5.56 Å². The van der Waals surface area contributed by atoms with Gasteiger partial charge >= 0.3 is 0 Å². The van der Waals surface area contributed by atoms with Crippen molar-refractivity contribution in [3.05, 3.63) is 100 Å². The van der Waals surface area contributed by atoms with E-state index < -0.39 is 0 Å². The summed E-state index contributed by atoms with van der Waals surface area (Å²) in [7, 11) is 0. The van der Waals surface area contributed by atoms with Crippen LogP contribution in [0.1, 0.15) is 42.3 Å². The number of unbranched alkanes of at least 4 members (excludes halogenated alkanes) is 1. The molecule has 0 radical (unpaired) electrons. The number of nitriles is 1. The van der Waals surface area contributed by atoms with E-state index in [0.29, 0.717) is 12.1 Å². The van der Waals surface area contributed by atoms with Gasteiger partial charge in [-0.25, -0.2) is 0 Å². The van der Waals surface area contributed by atoms with Gasteiger partial charge in [-0.3, -0.25) is 0 Å². The maximum absolute atomic E-state index is 9.41. The highest BCUT2D eigenvalue weighted by molar-refractivity contribution is 7.98. The van der Waals surface area contributed by atoms with E-state index in [1.54, 1.807) is 11.8 Å². The second kappa shape index (κ2) is 11.2. The number of benzene rings is 3. The first-order chi connectivity index (χ1) is 16.2. The number of hydrogen-bond acceptors (Lipinski definition) is 4. The largest absolute Gasteiger partial charge is 0.302 e. The molecule has 1 aromatic heterocycles. The maximum Gasteiger partial charge on any atom is 0.191 e. The molecule has 6 heteroatoms. The number of nitrogens with zero attached hydrogens (tertiary/aromatic N) is 4. The van der Waals surface area contributed by atoms with E-state index >= 15 is 0 Å². The summed E-state index contributed by atoms with van der Waals surface area (Å²) in [4.78, 5) is 0. The van der Waals surface area contributed by atoms with E-state index in [9.17, 15) is 5.26 Å². The molecular weight excluding hydrogens is 448 g/mol. The van der Waals surface area contributed by atoms with Crippen molar-refractivity contribution in [2.45, 2.75) is 43.6 Å². The van der Waals surface area contributed by atoms with E-state index in [1.807, 2.05) is 48.5 Å². The van der Waals surface area contributed by atoms with Crippen LogP contribution < -0.4 is 0 Å². The van der Waals surface area contributed by atoms with Crippen LogP contribution in [0.4, 0.5) is 0 Å². The van der Waals surface area contributed by atoms with E-state index in [0.717, 1.165) is 57.7 Å². The Balaban J connectivity index is 1.56. The molecule has 0 fully saturated rings. The van der Waals surface area contributed by atoms with Gasteiger partial charge in [0.05, 0.1) is 18.2 Å². The van der Waals surface area contributed by atoms with Crippen LogP contribution in [-0.2, 0) is 18.7 Å². The number of aryl methyl sites for hydroxylation is 1. The van der Waals surface area contributed by atoms with Gasteiger partial charge in [0.15, 0.2) is 5.16 Å². The highest BCUT2D eigenvalue weighted by Crippen LogP contribution is 2.28. The lowest BCUT2D eigenvalue weighted by Gasteiger charge is -2.12. The van der Waals surface area contributed by atoms with Crippen LogP contribution in [0, 0.1) is 11.3 Å². The molecule has 0 atom stereocenters. The lowest BCUT2D eigenvalue weighted by atomic mass is 9.99. The van der Waals surface area contributed by atoms with Gasteiger partial charge in [0.2, 0.25) is 0 Å². The molecule has 0 aliphatic rings. The van der Waals surface area contributed by atoms with Crippen molar-refractivity contribution in [2.75, 3.05) is 0 Å². The molecule has 33 heavy (non-hydrogen) atoms. The van der Waals surface area contributed by atoms with Gasteiger partial charge < -0.3 is 4.57 Å². The molecule has 0 saturated heterocycles. The topological polar surface area (TPSA) is 54.5 Å². The van der Waals surface area contributed by atoms with Crippen LogP contribution in [0.2, 0.25) is 5.02 Å². The Kier molecular flexibility index (Phi) is 7.83. The monoisotopic (exact) mass is 472 g/mol. The van der Waals surface area contributed by atoms with Crippen LogP contribution in [0.5, 0.6) is 0 Å². The van der Waals surface area contributed by atoms with Crippen LogP contribution in [-0.4, -0.2) is 14.8 Å². The van der Waals surface area contributed by atoms with Crippen molar-refractivity contribution < 1.29 is 0 Å². The first-order valence-corrected chi connectivity index (χ1v) is 12.4. The first-order valence-electron chi connectivity index (χ1n) is 11.1. The third kappa shape index (κ3) is 5.65. The Bertz CT molecular complexity index is 1260. The molecule has 1 heterocycles. The molecule has 3 aromatic carbocycles. The lowest BCUT2D eigenvalue weighted by Crippen LogP contribution is -2.07. The standard InChI is InChI=1S/C27H25ClN4S/c1-2-3-12-26-30-31-27(33-19-23-9-5-7-11-25(23)28)32(26)18-20-13-15-21(16-14-20)24-10-6-4-8-22(24)17-29/h4-11,13-16H,2-3,12,18-19H2,1H3. The smallest absolute Gasteiger partial charge is 0.191 e. The summed E-state index contributed by atoms with van der Waals surface area (Å²) in [5, 5.41) is 20.1. The van der Waals surface area contributed by atoms with Gasteiger partial charge in [-0.15, -0.1) is 10.2 Å². The minimum atomic E-state index is 0.684. The van der Waals surface area contributed by atoms with Crippen molar-refractivity contribution in [1.82, 2.24) is 14.8 Å². The third-order valence-electron chi connectivity index (χ3n) is 5.52. The first kappa shape index (κ1) is 23.1. The maximum atomic E-state index is 9.41. The number of hydrogen-bond donors (Lipinski definition) is 0. The van der Waals surface area contributed by atoms with Crippen molar-refractivity contribution in [1.29, 1.82) is 5.26 Å². The number of aromatic nitrogens is 3. The fourth-order valence-corrected chi connectivity index (χ4v) is 4.91. The normalized spacial score (nSPS) is 10.8. The van der Waals surface area contributed by atoms with Crippen molar-refractivity contribution in [3.63, 3.8) is 0 Å². The van der Waals surface area contributed by atoms with Gasteiger partial charge in [-0.2, -0.15) is 5.26 Å². The van der Waals surface area contributed by atoms with Crippen LogP contribution in [0.15, 0.2) is 78.0 Å². The molecule has 4 nitrogen and oxygen atoms in total. The molecule has 0 bridgehead atoms. The van der Waals surface area contributed by atoms with Crippen LogP contribution in [0.3, 0.4) is 0 Å². The second-order valence-corrected chi connectivity index (χ2v) is 9.17. The fraction of sp³-hybridized carbons (Fsp3) is 0.222. The van der Waals surface area contributed by atoms with Gasteiger partial charge in [0.25, 0.3) is 0 Å². The Hall–Kier alpha value is -3.07.